The van der Waals surface area contributed by atoms with Gasteiger partial charge in [-0.3, -0.25) is 14.4 Å². The molecule has 0 radical (unpaired) electrons. The predicted molar refractivity (Wildman–Crippen MR) is 117 cm³/mol. The van der Waals surface area contributed by atoms with Gasteiger partial charge in [0.25, 0.3) is 5.91 Å². The van der Waals surface area contributed by atoms with Crippen LogP contribution in [0.2, 0.25) is 0 Å². The average Bonchev–Trinajstić information content (AvgIpc) is 3.16. The zero-order valence-electron chi connectivity index (χ0n) is 17.9. The maximum Gasteiger partial charge on any atom is 0.253 e. The fourth-order valence-electron chi connectivity index (χ4n) is 3.19. The van der Waals surface area contributed by atoms with Crippen molar-refractivity contribution in [2.24, 2.45) is 13.0 Å². The molecule has 2 aromatic rings. The van der Waals surface area contributed by atoms with E-state index in [1.807, 2.05) is 18.7 Å². The Labute approximate surface area is 185 Å². The second-order valence-corrected chi connectivity index (χ2v) is 8.71. The average molecular weight is 446 g/mol. The topological polar surface area (TPSA) is 113 Å². The summed E-state index contributed by atoms with van der Waals surface area (Å²) < 4.78 is 1.50. The molecule has 1 saturated heterocycles. The van der Waals surface area contributed by atoms with Crippen molar-refractivity contribution in [2.75, 3.05) is 37.2 Å². The van der Waals surface area contributed by atoms with Crippen LogP contribution in [0.1, 0.15) is 30.6 Å². The summed E-state index contributed by atoms with van der Waals surface area (Å²) in [7, 11) is 1.71. The molecule has 2 heterocycles. The summed E-state index contributed by atoms with van der Waals surface area (Å²) in [4.78, 5) is 40.7. The normalized spacial score (nSPS) is 14.1. The highest BCUT2D eigenvalue weighted by Crippen LogP contribution is 2.16. The molecule has 1 aliphatic heterocycles. The monoisotopic (exact) mass is 445 g/mol. The lowest BCUT2D eigenvalue weighted by Gasteiger charge is -2.35. The number of amides is 3. The number of nitrogens with zero attached hydrogens (tertiary/aromatic N) is 6. The van der Waals surface area contributed by atoms with E-state index < -0.39 is 0 Å². The van der Waals surface area contributed by atoms with Crippen LogP contribution in [0.3, 0.4) is 0 Å². The Hall–Kier alpha value is -2.95. The molecule has 1 aromatic carbocycles. The van der Waals surface area contributed by atoms with E-state index in [2.05, 4.69) is 20.8 Å². The lowest BCUT2D eigenvalue weighted by Crippen LogP contribution is -2.50. The third-order valence-electron chi connectivity index (χ3n) is 4.83. The van der Waals surface area contributed by atoms with Gasteiger partial charge in [-0.2, -0.15) is 0 Å². The number of hydrogen-bond acceptors (Lipinski definition) is 7. The van der Waals surface area contributed by atoms with Gasteiger partial charge in [-0.05, 0) is 40.6 Å². The highest BCUT2D eigenvalue weighted by atomic mass is 32.2. The fraction of sp³-hybridized carbons (Fsp3) is 0.500. The molecule has 0 bridgehead atoms. The molecule has 1 N–H and O–H groups in total. The molecule has 1 aromatic heterocycles. The number of piperazine rings is 1. The van der Waals surface area contributed by atoms with Gasteiger partial charge >= 0.3 is 0 Å². The zero-order valence-corrected chi connectivity index (χ0v) is 18.8. The quantitative estimate of drug-likeness (QED) is 0.639. The third-order valence-corrected chi connectivity index (χ3v) is 5.84. The van der Waals surface area contributed by atoms with E-state index >= 15 is 0 Å². The summed E-state index contributed by atoms with van der Waals surface area (Å²) >= 11 is 1.24. The molecule has 0 spiro atoms. The van der Waals surface area contributed by atoms with Crippen molar-refractivity contribution in [3.63, 3.8) is 0 Å². The molecule has 0 aliphatic carbocycles. The maximum atomic E-state index is 12.8. The standard InChI is InChI=1S/C20H27N7O3S/c1-14(2)12-18(29)26-8-10-27(11-9-26)19(30)15-4-6-16(7-5-15)21-17(28)13-31-20-22-23-24-25(20)3/h4-7,14H,8-13H2,1-3H3,(H,21,28). The number of carbonyl (C=O) groups is 3. The minimum Gasteiger partial charge on any atom is -0.339 e. The Balaban J connectivity index is 1.47. The summed E-state index contributed by atoms with van der Waals surface area (Å²) in [5, 5.41) is 14.4. The van der Waals surface area contributed by atoms with Gasteiger partial charge in [-0.15, -0.1) is 5.10 Å². The van der Waals surface area contributed by atoms with Gasteiger partial charge < -0.3 is 15.1 Å². The molecule has 31 heavy (non-hydrogen) atoms. The Bertz CT molecular complexity index is 921. The minimum atomic E-state index is -0.186. The summed E-state index contributed by atoms with van der Waals surface area (Å²) in [6.07, 6.45) is 0.537. The van der Waals surface area contributed by atoms with Crippen LogP contribution in [0.15, 0.2) is 29.4 Å². The Kier molecular flexibility index (Phi) is 7.61. The molecule has 1 aliphatic rings. The summed E-state index contributed by atoms with van der Waals surface area (Å²) in [6, 6.07) is 6.83. The van der Waals surface area contributed by atoms with Crippen molar-refractivity contribution >= 4 is 35.2 Å². The Morgan fingerprint density at radius 3 is 2.29 bits per heavy atom. The number of aryl methyl sites for hydroxylation is 1. The van der Waals surface area contributed by atoms with Crippen LogP contribution in [0.4, 0.5) is 5.69 Å². The van der Waals surface area contributed by atoms with E-state index in [0.717, 1.165) is 0 Å². The molecular weight excluding hydrogens is 418 g/mol. The number of hydrogen-bond donors (Lipinski definition) is 1. The number of benzene rings is 1. The molecule has 0 atom stereocenters. The largest absolute Gasteiger partial charge is 0.339 e. The van der Waals surface area contributed by atoms with Gasteiger partial charge in [-0.1, -0.05) is 25.6 Å². The number of rotatable bonds is 7. The van der Waals surface area contributed by atoms with E-state index in [-0.39, 0.29) is 23.5 Å². The summed E-state index contributed by atoms with van der Waals surface area (Å²) in [6.45, 7) is 6.22. The van der Waals surface area contributed by atoms with E-state index in [4.69, 9.17) is 0 Å². The van der Waals surface area contributed by atoms with Gasteiger partial charge in [0.2, 0.25) is 17.0 Å². The first-order chi connectivity index (χ1) is 14.8. The molecule has 3 amide bonds. The van der Waals surface area contributed by atoms with Crippen LogP contribution in [-0.4, -0.2) is 79.7 Å². The van der Waals surface area contributed by atoms with Crippen LogP contribution < -0.4 is 5.32 Å². The highest BCUT2D eigenvalue weighted by Gasteiger charge is 2.25. The second kappa shape index (κ2) is 10.4. The lowest BCUT2D eigenvalue weighted by atomic mass is 10.1. The molecule has 1 fully saturated rings. The van der Waals surface area contributed by atoms with Gasteiger partial charge in [0.15, 0.2) is 0 Å². The van der Waals surface area contributed by atoms with Crippen LogP contribution >= 0.6 is 11.8 Å². The number of tetrazole rings is 1. The molecule has 10 nitrogen and oxygen atoms in total. The van der Waals surface area contributed by atoms with Crippen molar-refractivity contribution in [1.29, 1.82) is 0 Å². The van der Waals surface area contributed by atoms with E-state index in [9.17, 15) is 14.4 Å². The van der Waals surface area contributed by atoms with E-state index in [1.165, 1.54) is 16.4 Å². The summed E-state index contributed by atoms with van der Waals surface area (Å²) in [5.74, 6) is 0.396. The van der Waals surface area contributed by atoms with Crippen LogP contribution in [-0.2, 0) is 16.6 Å². The number of carbonyl (C=O) groups excluding carboxylic acids is 3. The second-order valence-electron chi connectivity index (χ2n) is 7.77. The van der Waals surface area contributed by atoms with Crippen molar-refractivity contribution in [3.05, 3.63) is 29.8 Å². The Morgan fingerprint density at radius 1 is 1.06 bits per heavy atom. The number of thioether (sulfide) groups is 1. The van der Waals surface area contributed by atoms with Gasteiger partial charge in [0, 0.05) is 50.9 Å². The first-order valence-corrected chi connectivity index (χ1v) is 11.1. The van der Waals surface area contributed by atoms with E-state index in [1.54, 1.807) is 36.2 Å². The fourth-order valence-corrected chi connectivity index (χ4v) is 3.84. The van der Waals surface area contributed by atoms with Crippen molar-refractivity contribution in [1.82, 2.24) is 30.0 Å². The highest BCUT2D eigenvalue weighted by molar-refractivity contribution is 7.99. The summed E-state index contributed by atoms with van der Waals surface area (Å²) in [5.41, 5.74) is 1.17. The first-order valence-electron chi connectivity index (χ1n) is 10.2. The molecular formula is C20H27N7O3S. The molecule has 0 unspecified atom stereocenters. The minimum absolute atomic E-state index is 0.0702. The number of aromatic nitrogens is 4. The van der Waals surface area contributed by atoms with E-state index in [0.29, 0.717) is 54.9 Å². The van der Waals surface area contributed by atoms with Crippen LogP contribution in [0.5, 0.6) is 0 Å². The SMILES string of the molecule is CC(C)CC(=O)N1CCN(C(=O)c2ccc(NC(=O)CSc3nnnn3C)cc2)CC1. The predicted octanol–water partition coefficient (Wildman–Crippen LogP) is 1.27. The molecule has 166 valence electrons. The number of anilines is 1. The molecule has 3 rings (SSSR count). The van der Waals surface area contributed by atoms with Crippen molar-refractivity contribution < 1.29 is 14.4 Å². The van der Waals surface area contributed by atoms with Crippen LogP contribution in [0, 0.1) is 5.92 Å². The Morgan fingerprint density at radius 2 is 1.71 bits per heavy atom. The van der Waals surface area contributed by atoms with Crippen LogP contribution in [0.25, 0.3) is 0 Å². The van der Waals surface area contributed by atoms with Gasteiger partial charge in [0.1, 0.15) is 0 Å². The molecule has 11 heteroatoms. The zero-order chi connectivity index (χ0) is 22.4. The molecule has 0 saturated carbocycles. The third kappa shape index (κ3) is 6.27. The van der Waals surface area contributed by atoms with Crippen molar-refractivity contribution in [2.45, 2.75) is 25.4 Å². The first kappa shape index (κ1) is 22.7. The van der Waals surface area contributed by atoms with Gasteiger partial charge in [0.05, 0.1) is 5.75 Å². The maximum absolute atomic E-state index is 12.8. The smallest absolute Gasteiger partial charge is 0.253 e. The number of nitrogens with one attached hydrogen (secondary N) is 1. The van der Waals surface area contributed by atoms with Gasteiger partial charge in [-0.25, -0.2) is 4.68 Å². The van der Waals surface area contributed by atoms with Crippen molar-refractivity contribution in [3.8, 4) is 0 Å². The lowest BCUT2D eigenvalue weighted by molar-refractivity contribution is -0.133.